The van der Waals surface area contributed by atoms with Gasteiger partial charge in [-0.25, -0.2) is 9.78 Å². The van der Waals surface area contributed by atoms with Gasteiger partial charge >= 0.3 is 5.97 Å². The summed E-state index contributed by atoms with van der Waals surface area (Å²) in [5, 5.41) is 18.8. The molecule has 0 amide bonds. The Hall–Kier alpha value is -2.82. The number of benzene rings is 1. The first-order valence-corrected chi connectivity index (χ1v) is 6.07. The van der Waals surface area contributed by atoms with Crippen molar-refractivity contribution in [1.82, 2.24) is 9.38 Å². The molecule has 100 valence electrons. The van der Waals surface area contributed by atoms with Crippen molar-refractivity contribution in [1.29, 1.82) is 0 Å². The van der Waals surface area contributed by atoms with Crippen LogP contribution in [0.5, 0.6) is 5.75 Å². The van der Waals surface area contributed by atoms with Gasteiger partial charge in [0.25, 0.3) is 0 Å². The van der Waals surface area contributed by atoms with Crippen LogP contribution >= 0.6 is 0 Å². The largest absolute Gasteiger partial charge is 0.506 e. The second-order valence-corrected chi connectivity index (χ2v) is 4.60. The minimum Gasteiger partial charge on any atom is -0.506 e. The van der Waals surface area contributed by atoms with Crippen molar-refractivity contribution in [2.75, 3.05) is 0 Å². The highest BCUT2D eigenvalue weighted by atomic mass is 16.4. The third-order valence-corrected chi connectivity index (χ3v) is 3.10. The van der Waals surface area contributed by atoms with Crippen LogP contribution in [0, 0.1) is 6.92 Å². The zero-order valence-corrected chi connectivity index (χ0v) is 10.7. The second kappa shape index (κ2) is 4.38. The number of aromatic carboxylic acids is 1. The monoisotopic (exact) mass is 268 g/mol. The van der Waals surface area contributed by atoms with Gasteiger partial charge in [-0.1, -0.05) is 23.8 Å². The Bertz CT molecular complexity index is 821. The fourth-order valence-electron chi connectivity index (χ4n) is 2.22. The van der Waals surface area contributed by atoms with E-state index >= 15 is 0 Å². The highest BCUT2D eigenvalue weighted by Gasteiger charge is 2.17. The van der Waals surface area contributed by atoms with Gasteiger partial charge in [0, 0.05) is 5.56 Å². The molecule has 2 heterocycles. The van der Waals surface area contributed by atoms with Gasteiger partial charge in [-0.3, -0.25) is 4.40 Å². The van der Waals surface area contributed by atoms with Crippen molar-refractivity contribution in [3.05, 3.63) is 53.9 Å². The maximum absolute atomic E-state index is 11.3. The Morgan fingerprint density at radius 2 is 2.05 bits per heavy atom. The number of carboxylic acids is 1. The van der Waals surface area contributed by atoms with Crippen LogP contribution in [0.1, 0.15) is 16.1 Å². The van der Waals surface area contributed by atoms with Gasteiger partial charge in [-0.2, -0.15) is 0 Å². The molecule has 0 bridgehead atoms. The lowest BCUT2D eigenvalue weighted by Gasteiger charge is -2.03. The predicted octanol–water partition coefficient (Wildman–Crippen LogP) is 2.71. The first-order chi connectivity index (χ1) is 9.56. The van der Waals surface area contributed by atoms with Gasteiger partial charge in [-0.05, 0) is 25.1 Å². The second-order valence-electron chi connectivity index (χ2n) is 4.60. The molecular weight excluding hydrogens is 256 g/mol. The molecule has 3 rings (SSSR count). The number of pyridine rings is 1. The summed E-state index contributed by atoms with van der Waals surface area (Å²) in [5.41, 5.74) is 2.28. The van der Waals surface area contributed by atoms with Crippen molar-refractivity contribution in [2.45, 2.75) is 6.92 Å². The third kappa shape index (κ3) is 1.89. The molecule has 0 atom stereocenters. The van der Waals surface area contributed by atoms with Crippen LogP contribution in [-0.2, 0) is 0 Å². The summed E-state index contributed by atoms with van der Waals surface area (Å²) in [6.07, 6.45) is 1.46. The summed E-state index contributed by atoms with van der Waals surface area (Å²) in [4.78, 5) is 15.5. The normalized spacial score (nSPS) is 10.8. The molecule has 0 saturated heterocycles. The fourth-order valence-corrected chi connectivity index (χ4v) is 2.22. The maximum Gasteiger partial charge on any atom is 0.356 e. The molecule has 0 aliphatic heterocycles. The summed E-state index contributed by atoms with van der Waals surface area (Å²) in [6.45, 7) is 1.95. The van der Waals surface area contributed by atoms with E-state index in [2.05, 4.69) is 4.98 Å². The van der Waals surface area contributed by atoms with E-state index in [-0.39, 0.29) is 11.4 Å². The SMILES string of the molecule is Cc1cccc(-c2nc(C(=O)O)c3ccc(O)cn23)c1. The van der Waals surface area contributed by atoms with Crippen LogP contribution in [0.25, 0.3) is 16.9 Å². The van der Waals surface area contributed by atoms with E-state index in [9.17, 15) is 15.0 Å². The lowest BCUT2D eigenvalue weighted by molar-refractivity contribution is 0.0693. The van der Waals surface area contributed by atoms with E-state index in [1.54, 1.807) is 10.5 Å². The average molecular weight is 268 g/mol. The number of rotatable bonds is 2. The summed E-state index contributed by atoms with van der Waals surface area (Å²) in [6, 6.07) is 10.6. The molecule has 2 N–H and O–H groups in total. The van der Waals surface area contributed by atoms with E-state index in [4.69, 9.17) is 0 Å². The molecule has 0 spiro atoms. The van der Waals surface area contributed by atoms with Crippen molar-refractivity contribution in [3.8, 4) is 17.1 Å². The maximum atomic E-state index is 11.3. The Morgan fingerprint density at radius 1 is 1.25 bits per heavy atom. The number of aromatic hydroxyl groups is 1. The minimum absolute atomic E-state index is 0.0264. The van der Waals surface area contributed by atoms with Gasteiger partial charge in [0.2, 0.25) is 0 Å². The first-order valence-electron chi connectivity index (χ1n) is 6.07. The zero-order valence-electron chi connectivity index (χ0n) is 10.7. The van der Waals surface area contributed by atoms with Crippen molar-refractivity contribution in [3.63, 3.8) is 0 Å². The number of carbonyl (C=O) groups is 1. The summed E-state index contributed by atoms with van der Waals surface area (Å²) in [7, 11) is 0. The molecule has 5 heteroatoms. The van der Waals surface area contributed by atoms with Crippen LogP contribution < -0.4 is 0 Å². The van der Waals surface area contributed by atoms with Gasteiger partial charge in [-0.15, -0.1) is 0 Å². The molecule has 20 heavy (non-hydrogen) atoms. The molecule has 3 aromatic rings. The van der Waals surface area contributed by atoms with Gasteiger partial charge in [0.05, 0.1) is 11.7 Å². The van der Waals surface area contributed by atoms with Crippen LogP contribution in [0.3, 0.4) is 0 Å². The van der Waals surface area contributed by atoms with Gasteiger partial charge < -0.3 is 10.2 Å². The minimum atomic E-state index is -1.09. The van der Waals surface area contributed by atoms with Gasteiger partial charge in [0.15, 0.2) is 5.69 Å². The molecule has 0 radical (unpaired) electrons. The summed E-state index contributed by atoms with van der Waals surface area (Å²) < 4.78 is 1.59. The van der Waals surface area contributed by atoms with Crippen LogP contribution in [0.2, 0.25) is 0 Å². The van der Waals surface area contributed by atoms with E-state index in [0.717, 1.165) is 11.1 Å². The highest BCUT2D eigenvalue weighted by Crippen LogP contribution is 2.25. The highest BCUT2D eigenvalue weighted by molar-refractivity contribution is 5.95. The van der Waals surface area contributed by atoms with E-state index in [1.165, 1.54) is 12.3 Å². The number of carboxylic acid groups (broad SMARTS) is 1. The van der Waals surface area contributed by atoms with E-state index in [1.807, 2.05) is 31.2 Å². The number of hydrogen-bond acceptors (Lipinski definition) is 3. The van der Waals surface area contributed by atoms with Crippen molar-refractivity contribution < 1.29 is 15.0 Å². The third-order valence-electron chi connectivity index (χ3n) is 3.10. The van der Waals surface area contributed by atoms with E-state index in [0.29, 0.717) is 11.3 Å². The van der Waals surface area contributed by atoms with Crippen LogP contribution in [0.15, 0.2) is 42.6 Å². The Morgan fingerprint density at radius 3 is 2.75 bits per heavy atom. The summed E-state index contributed by atoms with van der Waals surface area (Å²) in [5.74, 6) is -0.537. The molecule has 5 nitrogen and oxygen atoms in total. The molecule has 0 saturated carbocycles. The number of aryl methyl sites for hydroxylation is 1. The standard InChI is InChI=1S/C15H12N2O3/c1-9-3-2-4-10(7-9)14-16-13(15(19)20)12-6-5-11(18)8-17(12)14/h2-8,18H,1H3,(H,19,20). The lowest BCUT2D eigenvalue weighted by atomic mass is 10.1. The smallest absolute Gasteiger partial charge is 0.356 e. The quantitative estimate of drug-likeness (QED) is 0.749. The molecule has 0 fully saturated rings. The van der Waals surface area contributed by atoms with E-state index < -0.39 is 5.97 Å². The number of hydrogen-bond donors (Lipinski definition) is 2. The molecule has 2 aromatic heterocycles. The number of fused-ring (bicyclic) bond motifs is 1. The van der Waals surface area contributed by atoms with Crippen LogP contribution in [0.4, 0.5) is 0 Å². The molecule has 1 aromatic carbocycles. The summed E-state index contributed by atoms with van der Waals surface area (Å²) >= 11 is 0. The number of aromatic nitrogens is 2. The fraction of sp³-hybridized carbons (Fsp3) is 0.0667. The Kier molecular flexibility index (Phi) is 2.68. The number of imidazole rings is 1. The Balaban J connectivity index is 2.35. The zero-order chi connectivity index (χ0) is 14.3. The molecular formula is C15H12N2O3. The van der Waals surface area contributed by atoms with Gasteiger partial charge in [0.1, 0.15) is 11.6 Å². The lowest BCUT2D eigenvalue weighted by Crippen LogP contribution is -1.97. The topological polar surface area (TPSA) is 74.8 Å². The molecule has 0 aliphatic carbocycles. The van der Waals surface area contributed by atoms with Crippen molar-refractivity contribution in [2.24, 2.45) is 0 Å². The molecule has 0 unspecified atom stereocenters. The van der Waals surface area contributed by atoms with Crippen molar-refractivity contribution >= 4 is 11.5 Å². The average Bonchev–Trinajstić information content (AvgIpc) is 2.77. The predicted molar refractivity (Wildman–Crippen MR) is 74.0 cm³/mol. The van der Waals surface area contributed by atoms with Crippen LogP contribution in [-0.4, -0.2) is 25.6 Å². The molecule has 0 aliphatic rings. The Labute approximate surface area is 114 Å². The first kappa shape index (κ1) is 12.2. The number of nitrogens with zero attached hydrogens (tertiary/aromatic N) is 2.